The topological polar surface area (TPSA) is 64.6 Å². The average molecular weight is 444 g/mol. The number of Topliss-reactive ketones (excluding diaryl/α,β-unsaturated/α-hetero) is 1. The molecule has 0 bridgehead atoms. The van der Waals surface area contributed by atoms with E-state index in [1.165, 1.54) is 30.4 Å². The van der Waals surface area contributed by atoms with E-state index in [9.17, 15) is 14.0 Å². The third-order valence-electron chi connectivity index (χ3n) is 6.03. The number of ketones is 1. The summed E-state index contributed by atoms with van der Waals surface area (Å²) in [6.07, 6.45) is 1.72. The van der Waals surface area contributed by atoms with Gasteiger partial charge < -0.3 is 14.8 Å². The smallest absolute Gasteiger partial charge is 0.336 e. The molecule has 1 saturated heterocycles. The molecular weight excluding hydrogens is 417 g/mol. The molecule has 4 rings (SSSR count). The first kappa shape index (κ1) is 21.7. The first-order valence-electron chi connectivity index (χ1n) is 10.5. The van der Waals surface area contributed by atoms with E-state index in [2.05, 4.69) is 5.32 Å². The van der Waals surface area contributed by atoms with Gasteiger partial charge in [0.05, 0.1) is 12.2 Å². The van der Waals surface area contributed by atoms with E-state index >= 15 is 0 Å². The highest BCUT2D eigenvalue weighted by atomic mass is 32.1. The van der Waals surface area contributed by atoms with Crippen molar-refractivity contribution in [3.8, 4) is 0 Å². The lowest BCUT2D eigenvalue weighted by molar-refractivity contribution is -0.141. The Balaban J connectivity index is 1.74. The number of carbonyl (C=O) groups is 2. The van der Waals surface area contributed by atoms with E-state index in [-0.39, 0.29) is 17.5 Å². The van der Waals surface area contributed by atoms with Crippen LogP contribution in [-0.2, 0) is 19.1 Å². The van der Waals surface area contributed by atoms with Crippen molar-refractivity contribution in [2.75, 3.05) is 19.8 Å². The summed E-state index contributed by atoms with van der Waals surface area (Å²) in [6, 6.07) is 4.61. The number of ether oxygens (including phenoxy) is 2. The quantitative estimate of drug-likeness (QED) is 0.671. The number of hydrogen-bond donors (Lipinski definition) is 1. The number of esters is 1. The largest absolute Gasteiger partial charge is 0.462 e. The van der Waals surface area contributed by atoms with Crippen LogP contribution in [0, 0.1) is 11.7 Å². The fourth-order valence-corrected chi connectivity index (χ4v) is 5.44. The molecule has 0 saturated carbocycles. The van der Waals surface area contributed by atoms with Crippen LogP contribution < -0.4 is 5.32 Å². The minimum atomic E-state index is -0.600. The van der Waals surface area contributed by atoms with E-state index < -0.39 is 11.9 Å². The van der Waals surface area contributed by atoms with Gasteiger partial charge in [0.1, 0.15) is 5.82 Å². The monoisotopic (exact) mass is 443 g/mol. The van der Waals surface area contributed by atoms with Gasteiger partial charge in [-0.25, -0.2) is 9.18 Å². The molecule has 2 aromatic rings. The zero-order valence-electron chi connectivity index (χ0n) is 17.9. The molecule has 1 aromatic carbocycles. The highest BCUT2D eigenvalue weighted by Crippen LogP contribution is 2.43. The van der Waals surface area contributed by atoms with E-state index in [4.69, 9.17) is 9.47 Å². The van der Waals surface area contributed by atoms with Crippen LogP contribution in [-0.4, -0.2) is 31.6 Å². The number of nitrogens with one attached hydrogen (secondary N) is 1. The number of hydrogen-bond acceptors (Lipinski definition) is 6. The Morgan fingerprint density at radius 1 is 1.19 bits per heavy atom. The Morgan fingerprint density at radius 3 is 2.61 bits per heavy atom. The molecule has 1 aromatic heterocycles. The maximum Gasteiger partial charge on any atom is 0.336 e. The molecule has 7 heteroatoms. The van der Waals surface area contributed by atoms with Crippen molar-refractivity contribution in [1.82, 2.24) is 5.32 Å². The summed E-state index contributed by atoms with van der Waals surface area (Å²) >= 11 is 1.47. The minimum Gasteiger partial charge on any atom is -0.462 e. The maximum absolute atomic E-state index is 14.1. The van der Waals surface area contributed by atoms with Crippen LogP contribution in [0.2, 0.25) is 0 Å². The van der Waals surface area contributed by atoms with Gasteiger partial charge in [-0.05, 0) is 74.1 Å². The molecule has 2 aliphatic heterocycles. The van der Waals surface area contributed by atoms with Gasteiger partial charge in [-0.3, -0.25) is 4.79 Å². The number of carbonyl (C=O) groups excluding carboxylic acids is 2. The van der Waals surface area contributed by atoms with Crippen molar-refractivity contribution in [3.63, 3.8) is 0 Å². The molecule has 5 nitrogen and oxygen atoms in total. The SMILES string of the molecule is CC(=O)C1=C(C)NC(C)=C(C(=O)OCC2CCOCC2)C1c1csc2ccc(F)cc12. The van der Waals surface area contributed by atoms with Crippen LogP contribution in [0.25, 0.3) is 10.1 Å². The zero-order chi connectivity index (χ0) is 22.1. The fourth-order valence-electron chi connectivity index (χ4n) is 4.47. The number of rotatable bonds is 5. The van der Waals surface area contributed by atoms with Crippen molar-refractivity contribution in [3.05, 3.63) is 57.5 Å². The molecule has 2 aliphatic rings. The Bertz CT molecular complexity index is 1090. The molecule has 3 heterocycles. The van der Waals surface area contributed by atoms with Crippen molar-refractivity contribution in [2.45, 2.75) is 39.5 Å². The number of halogens is 1. The van der Waals surface area contributed by atoms with Gasteiger partial charge in [-0.1, -0.05) is 0 Å². The molecule has 0 aliphatic carbocycles. The molecule has 164 valence electrons. The van der Waals surface area contributed by atoms with Gasteiger partial charge in [-0.15, -0.1) is 11.3 Å². The molecular formula is C24H26FNO4S. The average Bonchev–Trinajstić information content (AvgIpc) is 3.14. The van der Waals surface area contributed by atoms with Gasteiger partial charge in [0.25, 0.3) is 0 Å². The van der Waals surface area contributed by atoms with Crippen molar-refractivity contribution < 1.29 is 23.5 Å². The summed E-state index contributed by atoms with van der Waals surface area (Å²) in [5.74, 6) is -1.25. The normalized spacial score (nSPS) is 20.2. The van der Waals surface area contributed by atoms with Crippen LogP contribution in [0.15, 0.2) is 46.1 Å². The number of benzene rings is 1. The van der Waals surface area contributed by atoms with Gasteiger partial charge in [0, 0.05) is 40.8 Å². The van der Waals surface area contributed by atoms with Crippen LogP contribution in [0.5, 0.6) is 0 Å². The highest BCUT2D eigenvalue weighted by Gasteiger charge is 2.37. The summed E-state index contributed by atoms with van der Waals surface area (Å²) in [5.41, 5.74) is 3.02. The summed E-state index contributed by atoms with van der Waals surface area (Å²) in [5, 5.41) is 5.80. The Labute approximate surface area is 184 Å². The van der Waals surface area contributed by atoms with Gasteiger partial charge in [0.15, 0.2) is 5.78 Å². The van der Waals surface area contributed by atoms with Crippen LogP contribution >= 0.6 is 11.3 Å². The molecule has 31 heavy (non-hydrogen) atoms. The molecule has 1 fully saturated rings. The fraction of sp³-hybridized carbons (Fsp3) is 0.417. The third-order valence-corrected chi connectivity index (χ3v) is 7.01. The maximum atomic E-state index is 14.1. The molecule has 1 N–H and O–H groups in total. The standard InChI is InChI=1S/C24H26FNO4S/c1-13-21(15(3)27)23(19-12-31-20-5-4-17(25)10-18(19)20)22(14(2)26-13)24(28)30-11-16-6-8-29-9-7-16/h4-5,10,12,16,23,26H,6-9,11H2,1-3H3. The molecule has 1 unspecified atom stereocenters. The van der Waals surface area contributed by atoms with Crippen LogP contribution in [0.4, 0.5) is 4.39 Å². The van der Waals surface area contributed by atoms with Crippen molar-refractivity contribution in [1.29, 1.82) is 0 Å². The zero-order valence-corrected chi connectivity index (χ0v) is 18.7. The lowest BCUT2D eigenvalue weighted by atomic mass is 9.79. The second-order valence-corrected chi connectivity index (χ2v) is 9.09. The number of fused-ring (bicyclic) bond motifs is 1. The number of allylic oxidation sites excluding steroid dienone is 3. The van der Waals surface area contributed by atoms with Gasteiger partial charge in [0.2, 0.25) is 0 Å². The Kier molecular flexibility index (Phi) is 6.25. The summed E-state index contributed by atoms with van der Waals surface area (Å²) in [7, 11) is 0. The first-order chi connectivity index (χ1) is 14.9. The van der Waals surface area contributed by atoms with E-state index in [1.54, 1.807) is 6.07 Å². The minimum absolute atomic E-state index is 0.131. The lowest BCUT2D eigenvalue weighted by Gasteiger charge is -2.31. The number of dihydropyridines is 1. The van der Waals surface area contributed by atoms with Gasteiger partial charge in [-0.2, -0.15) is 0 Å². The molecule has 0 amide bonds. The highest BCUT2D eigenvalue weighted by molar-refractivity contribution is 7.17. The first-order valence-corrected chi connectivity index (χ1v) is 11.4. The van der Waals surface area contributed by atoms with Crippen LogP contribution in [0.1, 0.15) is 45.1 Å². The van der Waals surface area contributed by atoms with Crippen molar-refractivity contribution >= 4 is 33.2 Å². The van der Waals surface area contributed by atoms with Gasteiger partial charge >= 0.3 is 5.97 Å². The predicted molar refractivity (Wildman–Crippen MR) is 118 cm³/mol. The van der Waals surface area contributed by atoms with E-state index in [0.717, 1.165) is 23.1 Å². The van der Waals surface area contributed by atoms with E-state index in [0.29, 0.717) is 47.7 Å². The Morgan fingerprint density at radius 2 is 1.90 bits per heavy atom. The second kappa shape index (κ2) is 8.93. The molecule has 0 radical (unpaired) electrons. The summed E-state index contributed by atoms with van der Waals surface area (Å²) in [6.45, 7) is 6.81. The van der Waals surface area contributed by atoms with Crippen molar-refractivity contribution in [2.24, 2.45) is 5.92 Å². The number of thiophene rings is 1. The third kappa shape index (κ3) is 4.29. The lowest BCUT2D eigenvalue weighted by Crippen LogP contribution is -2.32. The van der Waals surface area contributed by atoms with Crippen LogP contribution in [0.3, 0.4) is 0 Å². The summed E-state index contributed by atoms with van der Waals surface area (Å²) in [4.78, 5) is 25.9. The second-order valence-electron chi connectivity index (χ2n) is 8.18. The molecule has 0 spiro atoms. The predicted octanol–water partition coefficient (Wildman–Crippen LogP) is 4.83. The summed E-state index contributed by atoms with van der Waals surface area (Å²) < 4.78 is 26.1. The Hall–Kier alpha value is -2.51. The van der Waals surface area contributed by atoms with E-state index in [1.807, 2.05) is 19.2 Å². The molecule has 1 atom stereocenters.